The molecule has 2 aromatic carbocycles. The van der Waals surface area contributed by atoms with Crippen molar-refractivity contribution in [2.45, 2.75) is 25.5 Å². The Balaban J connectivity index is 1.33. The average Bonchev–Trinajstić information content (AvgIpc) is 2.99. The summed E-state index contributed by atoms with van der Waals surface area (Å²) in [6, 6.07) is 13.7. The van der Waals surface area contributed by atoms with Crippen molar-refractivity contribution >= 4 is 17.5 Å². The molecule has 28 heavy (non-hydrogen) atoms. The first-order valence-corrected chi connectivity index (χ1v) is 10.1. The van der Waals surface area contributed by atoms with Crippen LogP contribution in [0.1, 0.15) is 17.5 Å². The molecule has 0 spiro atoms. The van der Waals surface area contributed by atoms with Gasteiger partial charge in [0.05, 0.1) is 7.11 Å². The highest BCUT2D eigenvalue weighted by molar-refractivity contribution is 6.30. The van der Waals surface area contributed by atoms with E-state index in [1.54, 1.807) is 13.2 Å². The molecule has 1 saturated heterocycles. The van der Waals surface area contributed by atoms with E-state index >= 15 is 0 Å². The topological polar surface area (TPSA) is 42.0 Å². The Labute approximate surface area is 170 Å². The van der Waals surface area contributed by atoms with Crippen molar-refractivity contribution in [2.24, 2.45) is 0 Å². The quantitative estimate of drug-likeness (QED) is 0.789. The van der Waals surface area contributed by atoms with Crippen molar-refractivity contribution in [3.63, 3.8) is 0 Å². The molecule has 1 amide bonds. The summed E-state index contributed by atoms with van der Waals surface area (Å²) in [4.78, 5) is 17.3. The fraction of sp³-hybridized carbons (Fsp3) is 0.409. The third-order valence-electron chi connectivity index (χ3n) is 5.44. The van der Waals surface area contributed by atoms with Crippen molar-refractivity contribution in [3.05, 3.63) is 58.6 Å². The monoisotopic (exact) mass is 400 g/mol. The Hall–Kier alpha value is -2.24. The molecule has 0 aromatic heterocycles. The number of methoxy groups -OCH3 is 1. The van der Waals surface area contributed by atoms with Crippen molar-refractivity contribution in [1.82, 2.24) is 9.80 Å². The van der Waals surface area contributed by atoms with Gasteiger partial charge in [-0.2, -0.15) is 0 Å². The number of nitrogens with zero attached hydrogens (tertiary/aromatic N) is 2. The molecule has 2 heterocycles. The SMILES string of the molecule is COc1ccc(CN2CCCN(C(=O)C3Cc4cc(Cl)ccc4O3)CC2)cc1. The molecule has 1 unspecified atom stereocenters. The first kappa shape index (κ1) is 19.1. The van der Waals surface area contributed by atoms with Crippen LogP contribution < -0.4 is 9.47 Å². The van der Waals surface area contributed by atoms with E-state index in [1.807, 2.05) is 29.2 Å². The smallest absolute Gasteiger partial charge is 0.264 e. The van der Waals surface area contributed by atoms with Gasteiger partial charge in [0.15, 0.2) is 6.10 Å². The highest BCUT2D eigenvalue weighted by Gasteiger charge is 2.33. The predicted octanol–water partition coefficient (Wildman–Crippen LogP) is 3.39. The lowest BCUT2D eigenvalue weighted by Gasteiger charge is -2.24. The molecule has 5 nitrogen and oxygen atoms in total. The van der Waals surface area contributed by atoms with Crippen LogP contribution in [0, 0.1) is 0 Å². The van der Waals surface area contributed by atoms with E-state index in [2.05, 4.69) is 17.0 Å². The van der Waals surface area contributed by atoms with E-state index in [1.165, 1.54) is 5.56 Å². The van der Waals surface area contributed by atoms with Crippen molar-refractivity contribution < 1.29 is 14.3 Å². The number of benzene rings is 2. The van der Waals surface area contributed by atoms with Gasteiger partial charge >= 0.3 is 0 Å². The molecule has 2 aliphatic rings. The molecule has 0 aliphatic carbocycles. The summed E-state index contributed by atoms with van der Waals surface area (Å²) in [7, 11) is 1.68. The molecular formula is C22H25ClN2O3. The Morgan fingerprint density at radius 1 is 1.14 bits per heavy atom. The van der Waals surface area contributed by atoms with Gasteiger partial charge in [-0.1, -0.05) is 23.7 Å². The first-order chi connectivity index (χ1) is 13.6. The minimum atomic E-state index is -0.429. The van der Waals surface area contributed by atoms with Crippen LogP contribution in [0.25, 0.3) is 0 Å². The van der Waals surface area contributed by atoms with Gasteiger partial charge in [0, 0.05) is 44.2 Å². The molecule has 2 aliphatic heterocycles. The van der Waals surface area contributed by atoms with Crippen LogP contribution in [0.15, 0.2) is 42.5 Å². The number of fused-ring (bicyclic) bond motifs is 1. The molecule has 2 aromatic rings. The summed E-state index contributed by atoms with van der Waals surface area (Å²) in [5.74, 6) is 1.73. The second-order valence-corrected chi connectivity index (χ2v) is 7.80. The summed E-state index contributed by atoms with van der Waals surface area (Å²) < 4.78 is 11.1. The number of carbonyl (C=O) groups is 1. The maximum atomic E-state index is 13.0. The van der Waals surface area contributed by atoms with Gasteiger partial charge in [-0.15, -0.1) is 0 Å². The van der Waals surface area contributed by atoms with E-state index in [0.717, 1.165) is 56.2 Å². The molecule has 1 fully saturated rings. The molecule has 0 bridgehead atoms. The number of hydrogen-bond acceptors (Lipinski definition) is 4. The van der Waals surface area contributed by atoms with Crippen LogP contribution in [0.5, 0.6) is 11.5 Å². The maximum Gasteiger partial charge on any atom is 0.264 e. The Morgan fingerprint density at radius 3 is 2.75 bits per heavy atom. The Morgan fingerprint density at radius 2 is 1.96 bits per heavy atom. The number of hydrogen-bond donors (Lipinski definition) is 0. The number of halogens is 1. The number of rotatable bonds is 4. The lowest BCUT2D eigenvalue weighted by Crippen LogP contribution is -2.43. The molecule has 6 heteroatoms. The van der Waals surface area contributed by atoms with E-state index < -0.39 is 6.10 Å². The standard InChI is InChI=1S/C22H25ClN2O3/c1-27-19-6-3-16(4-7-19)15-24-9-2-10-25(12-11-24)22(26)21-14-17-13-18(23)5-8-20(17)28-21/h3-8,13,21H,2,9-12,14-15H2,1H3. The van der Waals surface area contributed by atoms with Gasteiger partial charge in [-0.05, 0) is 47.9 Å². The van der Waals surface area contributed by atoms with Crippen LogP contribution in [-0.4, -0.2) is 55.1 Å². The summed E-state index contributed by atoms with van der Waals surface area (Å²) in [6.07, 6.45) is 1.13. The average molecular weight is 401 g/mol. The number of carbonyl (C=O) groups excluding carboxylic acids is 1. The Bertz CT molecular complexity index is 840. The van der Waals surface area contributed by atoms with Crippen LogP contribution >= 0.6 is 11.6 Å². The zero-order chi connectivity index (χ0) is 19.5. The molecular weight excluding hydrogens is 376 g/mol. The largest absolute Gasteiger partial charge is 0.497 e. The molecule has 1 atom stereocenters. The second-order valence-electron chi connectivity index (χ2n) is 7.37. The van der Waals surface area contributed by atoms with Crippen molar-refractivity contribution in [3.8, 4) is 11.5 Å². The molecule has 0 N–H and O–H groups in total. The predicted molar refractivity (Wildman–Crippen MR) is 109 cm³/mol. The van der Waals surface area contributed by atoms with E-state index in [-0.39, 0.29) is 5.91 Å². The van der Waals surface area contributed by atoms with Gasteiger partial charge in [0.25, 0.3) is 5.91 Å². The molecule has 4 rings (SSSR count). The minimum Gasteiger partial charge on any atom is -0.497 e. The summed E-state index contributed by atoms with van der Waals surface area (Å²) >= 11 is 6.06. The normalized spacial score (nSPS) is 19.6. The van der Waals surface area contributed by atoms with Crippen molar-refractivity contribution in [1.29, 1.82) is 0 Å². The summed E-state index contributed by atoms with van der Waals surface area (Å²) in [5.41, 5.74) is 2.27. The van der Waals surface area contributed by atoms with Crippen LogP contribution in [0.4, 0.5) is 0 Å². The molecule has 0 radical (unpaired) electrons. The van der Waals surface area contributed by atoms with E-state index in [9.17, 15) is 4.79 Å². The molecule has 0 saturated carbocycles. The fourth-order valence-electron chi connectivity index (χ4n) is 3.90. The fourth-order valence-corrected chi connectivity index (χ4v) is 4.09. The second kappa shape index (κ2) is 8.41. The van der Waals surface area contributed by atoms with Crippen LogP contribution in [0.2, 0.25) is 5.02 Å². The van der Waals surface area contributed by atoms with Gasteiger partial charge < -0.3 is 14.4 Å². The van der Waals surface area contributed by atoms with Crippen molar-refractivity contribution in [2.75, 3.05) is 33.3 Å². The first-order valence-electron chi connectivity index (χ1n) is 9.71. The highest BCUT2D eigenvalue weighted by Crippen LogP contribution is 2.31. The summed E-state index contributed by atoms with van der Waals surface area (Å²) in [5, 5.41) is 0.680. The van der Waals surface area contributed by atoms with E-state index in [4.69, 9.17) is 21.1 Å². The number of ether oxygens (including phenoxy) is 2. The minimum absolute atomic E-state index is 0.0821. The highest BCUT2D eigenvalue weighted by atomic mass is 35.5. The van der Waals surface area contributed by atoms with Crippen LogP contribution in [-0.2, 0) is 17.8 Å². The van der Waals surface area contributed by atoms with Gasteiger partial charge in [-0.3, -0.25) is 9.69 Å². The lowest BCUT2D eigenvalue weighted by atomic mass is 10.1. The lowest BCUT2D eigenvalue weighted by molar-refractivity contribution is -0.137. The zero-order valence-corrected chi connectivity index (χ0v) is 16.8. The van der Waals surface area contributed by atoms with E-state index in [0.29, 0.717) is 11.4 Å². The number of amides is 1. The maximum absolute atomic E-state index is 13.0. The van der Waals surface area contributed by atoms with Gasteiger partial charge in [-0.25, -0.2) is 0 Å². The third kappa shape index (κ3) is 4.26. The summed E-state index contributed by atoms with van der Waals surface area (Å²) in [6.45, 7) is 4.23. The third-order valence-corrected chi connectivity index (χ3v) is 5.67. The molecule has 148 valence electrons. The van der Waals surface area contributed by atoms with Gasteiger partial charge in [0.1, 0.15) is 11.5 Å². The zero-order valence-electron chi connectivity index (χ0n) is 16.1. The Kier molecular flexibility index (Phi) is 5.74. The van der Waals surface area contributed by atoms with Crippen LogP contribution in [0.3, 0.4) is 0 Å². The van der Waals surface area contributed by atoms with Gasteiger partial charge in [0.2, 0.25) is 0 Å².